The molecule has 10 nitrogen and oxygen atoms in total. The number of allylic oxidation sites excluding steroid dienone is 2. The second kappa shape index (κ2) is 12.0. The van der Waals surface area contributed by atoms with Crippen LogP contribution in [0.2, 0.25) is 10.0 Å². The Morgan fingerprint density at radius 1 is 1.00 bits per heavy atom. The third kappa shape index (κ3) is 4.80. The number of hydrogen-bond donors (Lipinski definition) is 3. The van der Waals surface area contributed by atoms with Crippen molar-refractivity contribution >= 4 is 52.5 Å². The lowest BCUT2D eigenvalue weighted by Gasteiger charge is -2.50. The molecule has 6 atom stereocenters. The Hall–Kier alpha value is -4.38. The van der Waals surface area contributed by atoms with Crippen molar-refractivity contribution in [3.05, 3.63) is 99.6 Å². The summed E-state index contributed by atoms with van der Waals surface area (Å²) in [5.41, 5.74) is 3.75. The van der Waals surface area contributed by atoms with Crippen molar-refractivity contribution in [2.45, 2.75) is 24.2 Å². The van der Waals surface area contributed by atoms with Crippen molar-refractivity contribution in [1.29, 1.82) is 0 Å². The Morgan fingerprint density at radius 2 is 1.77 bits per heavy atom. The average Bonchev–Trinajstić information content (AvgIpc) is 3.48. The number of methoxy groups -OCH3 is 1. The van der Waals surface area contributed by atoms with Crippen molar-refractivity contribution in [1.82, 2.24) is 10.3 Å². The summed E-state index contributed by atoms with van der Waals surface area (Å²) in [6, 6.07) is 19.0. The SMILES string of the molecule is COc1ccc([C@@]23C(=O)N(Nc4ccc(Cl)cc4Cl)C(=O)[C@@H]2C[C@@H]2C(=CC[C@@H]4C(=O)NC(=O)[C@@H]42)[C@@H]3c2ccccc2OCCO)cc1. The number of halogens is 2. The van der Waals surface area contributed by atoms with Crippen LogP contribution in [0.25, 0.3) is 0 Å². The quantitative estimate of drug-likeness (QED) is 0.232. The van der Waals surface area contributed by atoms with E-state index < -0.39 is 46.8 Å². The number of nitrogens with zero attached hydrogens (tertiary/aromatic N) is 1. The zero-order valence-electron chi connectivity index (χ0n) is 25.2. The van der Waals surface area contributed by atoms with Crippen molar-refractivity contribution < 1.29 is 33.8 Å². The van der Waals surface area contributed by atoms with Gasteiger partial charge < -0.3 is 14.6 Å². The highest BCUT2D eigenvalue weighted by Gasteiger charge is 2.70. The van der Waals surface area contributed by atoms with Crippen LogP contribution in [-0.2, 0) is 24.6 Å². The van der Waals surface area contributed by atoms with E-state index in [0.29, 0.717) is 39.8 Å². The van der Waals surface area contributed by atoms with Gasteiger partial charge in [0, 0.05) is 16.5 Å². The van der Waals surface area contributed by atoms with E-state index in [2.05, 4.69) is 10.7 Å². The lowest BCUT2D eigenvalue weighted by Crippen LogP contribution is -2.53. The molecule has 3 N–H and O–H groups in total. The summed E-state index contributed by atoms with van der Waals surface area (Å²) in [5, 5.41) is 13.7. The number of ether oxygens (including phenoxy) is 2. The molecule has 2 aliphatic heterocycles. The van der Waals surface area contributed by atoms with Gasteiger partial charge in [-0.3, -0.25) is 29.9 Å². The normalized spacial score (nSPS) is 27.9. The molecule has 3 aromatic rings. The number of rotatable bonds is 8. The molecule has 2 heterocycles. The van der Waals surface area contributed by atoms with E-state index in [1.165, 1.54) is 6.07 Å². The first-order chi connectivity index (χ1) is 22.7. The van der Waals surface area contributed by atoms with Gasteiger partial charge in [0.1, 0.15) is 18.1 Å². The molecule has 0 bridgehead atoms. The minimum Gasteiger partial charge on any atom is -0.497 e. The molecule has 4 amide bonds. The van der Waals surface area contributed by atoms with Crippen LogP contribution in [0.5, 0.6) is 11.5 Å². The van der Waals surface area contributed by atoms with Gasteiger partial charge >= 0.3 is 0 Å². The molecule has 1 saturated carbocycles. The molecule has 3 aromatic carbocycles. The van der Waals surface area contributed by atoms with Gasteiger partial charge in [0.15, 0.2) is 0 Å². The second-order valence-corrected chi connectivity index (χ2v) is 13.0. The van der Waals surface area contributed by atoms with Crippen LogP contribution in [0.3, 0.4) is 0 Å². The van der Waals surface area contributed by atoms with Gasteiger partial charge in [-0.2, -0.15) is 5.01 Å². The van der Waals surface area contributed by atoms with E-state index in [0.717, 1.165) is 10.6 Å². The minimum atomic E-state index is -1.51. The molecule has 0 spiro atoms. The number of fused-ring (bicyclic) bond motifs is 4. The first-order valence-electron chi connectivity index (χ1n) is 15.3. The van der Waals surface area contributed by atoms with Gasteiger partial charge in [0.25, 0.3) is 11.8 Å². The summed E-state index contributed by atoms with van der Waals surface area (Å²) in [7, 11) is 1.54. The number of para-hydroxylation sites is 1. The van der Waals surface area contributed by atoms with Crippen LogP contribution in [0.1, 0.15) is 29.9 Å². The van der Waals surface area contributed by atoms with Gasteiger partial charge in [-0.25, -0.2) is 0 Å². The lowest BCUT2D eigenvalue weighted by atomic mass is 9.49. The highest BCUT2D eigenvalue weighted by Crippen LogP contribution is 2.64. The lowest BCUT2D eigenvalue weighted by molar-refractivity contribution is -0.138. The molecule has 7 rings (SSSR count). The maximum atomic E-state index is 15.2. The van der Waals surface area contributed by atoms with Gasteiger partial charge in [0.05, 0.1) is 47.6 Å². The number of aliphatic hydroxyl groups is 1. The van der Waals surface area contributed by atoms with Crippen molar-refractivity contribution in [3.63, 3.8) is 0 Å². The predicted molar refractivity (Wildman–Crippen MR) is 173 cm³/mol. The molecule has 47 heavy (non-hydrogen) atoms. The highest BCUT2D eigenvalue weighted by atomic mass is 35.5. The number of nitrogens with one attached hydrogen (secondary N) is 2. The number of carbonyl (C=O) groups is 4. The minimum absolute atomic E-state index is 0.00239. The molecular formula is C35H31Cl2N3O7. The molecule has 4 aliphatic rings. The predicted octanol–water partition coefficient (Wildman–Crippen LogP) is 4.65. The van der Waals surface area contributed by atoms with Crippen molar-refractivity contribution in [2.24, 2.45) is 23.7 Å². The standard InChI is InChI=1S/C35H31Cl2N3O7/c1-46-20-9-6-18(7-10-20)35-25(33(44)40(34(35)45)39-27-13-8-19(36)16-26(27)37)17-24-21(11-12-23-29(24)32(43)38-31(23)42)30(35)22-4-2-3-5-28(22)47-15-14-41/h2-11,13,16,23-25,29-30,39,41H,12,14-15,17H2,1H3,(H,38,42,43)/t23-,24+,25-,29-,30+,35+/m0/s1. The third-order valence-corrected chi connectivity index (χ3v) is 10.5. The number of carbonyl (C=O) groups excluding carboxylic acids is 4. The van der Waals surface area contributed by atoms with E-state index in [1.807, 2.05) is 18.2 Å². The Bertz CT molecular complexity index is 1830. The third-order valence-electron chi connectivity index (χ3n) is 10.0. The largest absolute Gasteiger partial charge is 0.497 e. The zero-order valence-corrected chi connectivity index (χ0v) is 26.8. The molecule has 2 saturated heterocycles. The van der Waals surface area contributed by atoms with Crippen LogP contribution in [0.4, 0.5) is 5.69 Å². The number of amides is 4. The number of anilines is 1. The first kappa shape index (κ1) is 31.2. The van der Waals surface area contributed by atoms with Crippen LogP contribution in [0, 0.1) is 23.7 Å². The van der Waals surface area contributed by atoms with Crippen LogP contribution in [-0.4, -0.2) is 54.1 Å². The molecule has 0 radical (unpaired) electrons. The van der Waals surface area contributed by atoms with E-state index in [9.17, 15) is 19.5 Å². The summed E-state index contributed by atoms with van der Waals surface area (Å²) < 4.78 is 11.5. The number of benzene rings is 3. The van der Waals surface area contributed by atoms with Crippen molar-refractivity contribution in [2.75, 3.05) is 25.7 Å². The topological polar surface area (TPSA) is 134 Å². The molecule has 0 aromatic heterocycles. The fourth-order valence-electron chi connectivity index (χ4n) is 8.10. The summed E-state index contributed by atoms with van der Waals surface area (Å²) in [6.45, 7) is -0.234. The van der Waals surface area contributed by atoms with Crippen LogP contribution in [0.15, 0.2) is 78.4 Å². The second-order valence-electron chi connectivity index (χ2n) is 12.2. The molecular weight excluding hydrogens is 645 g/mol. The zero-order chi connectivity index (χ0) is 33.0. The summed E-state index contributed by atoms with van der Waals surface area (Å²) in [5.74, 6) is -4.24. The van der Waals surface area contributed by atoms with E-state index in [-0.39, 0.29) is 36.5 Å². The Kier molecular flexibility index (Phi) is 7.98. The number of hydrogen-bond acceptors (Lipinski definition) is 8. The summed E-state index contributed by atoms with van der Waals surface area (Å²) in [6.07, 6.45) is 2.41. The summed E-state index contributed by atoms with van der Waals surface area (Å²) in [4.78, 5) is 56.1. The van der Waals surface area contributed by atoms with Gasteiger partial charge in [0.2, 0.25) is 11.8 Å². The Labute approximate surface area is 280 Å². The Balaban J connectivity index is 1.48. The highest BCUT2D eigenvalue weighted by molar-refractivity contribution is 6.36. The van der Waals surface area contributed by atoms with Crippen molar-refractivity contribution in [3.8, 4) is 11.5 Å². The first-order valence-corrected chi connectivity index (χ1v) is 16.1. The van der Waals surface area contributed by atoms with Crippen LogP contribution < -0.4 is 20.2 Å². The van der Waals surface area contributed by atoms with Gasteiger partial charge in [-0.1, -0.05) is 65.2 Å². The molecule has 3 fully saturated rings. The van der Waals surface area contributed by atoms with Crippen LogP contribution >= 0.6 is 23.2 Å². The van der Waals surface area contributed by atoms with Gasteiger partial charge in [-0.15, -0.1) is 0 Å². The molecule has 242 valence electrons. The number of aliphatic hydroxyl groups excluding tert-OH is 1. The van der Waals surface area contributed by atoms with Gasteiger partial charge in [-0.05, 0) is 60.7 Å². The monoisotopic (exact) mass is 675 g/mol. The van der Waals surface area contributed by atoms with E-state index >= 15 is 4.79 Å². The smallest absolute Gasteiger partial charge is 0.260 e. The molecule has 0 unspecified atom stereocenters. The number of imide groups is 2. The molecule has 2 aliphatic carbocycles. The van der Waals surface area contributed by atoms with E-state index in [1.54, 1.807) is 55.6 Å². The fourth-order valence-corrected chi connectivity index (χ4v) is 8.56. The number of hydrazine groups is 1. The maximum absolute atomic E-state index is 15.2. The Morgan fingerprint density at radius 3 is 2.49 bits per heavy atom. The fraction of sp³-hybridized carbons (Fsp3) is 0.314. The summed E-state index contributed by atoms with van der Waals surface area (Å²) >= 11 is 12.6. The maximum Gasteiger partial charge on any atom is 0.260 e. The van der Waals surface area contributed by atoms with E-state index in [4.69, 9.17) is 32.7 Å². The molecule has 12 heteroatoms. The average molecular weight is 677 g/mol.